The number of carbonyl (C=O) groups is 1. The highest BCUT2D eigenvalue weighted by Gasteiger charge is 2.14. The topological polar surface area (TPSA) is 37.3 Å². The molecule has 1 atom stereocenters. The summed E-state index contributed by atoms with van der Waals surface area (Å²) in [7, 11) is 0. The SMILES string of the molecule is C=CC(CCC)c1ccccc1C(=O)O. The van der Waals surface area contributed by atoms with Crippen molar-refractivity contribution in [1.82, 2.24) is 0 Å². The number of aromatic carboxylic acids is 1. The largest absolute Gasteiger partial charge is 0.478 e. The van der Waals surface area contributed by atoms with Crippen LogP contribution in [-0.2, 0) is 0 Å². The van der Waals surface area contributed by atoms with E-state index in [1.54, 1.807) is 12.1 Å². The van der Waals surface area contributed by atoms with Gasteiger partial charge in [-0.2, -0.15) is 0 Å². The Bertz CT molecular complexity index is 355. The van der Waals surface area contributed by atoms with Crippen molar-refractivity contribution in [3.05, 3.63) is 48.0 Å². The van der Waals surface area contributed by atoms with Crippen LogP contribution in [0.3, 0.4) is 0 Å². The van der Waals surface area contributed by atoms with Gasteiger partial charge in [0, 0.05) is 5.92 Å². The third kappa shape index (κ3) is 2.69. The molecular weight excluding hydrogens is 188 g/mol. The zero-order valence-corrected chi connectivity index (χ0v) is 8.94. The Kier molecular flexibility index (Phi) is 4.10. The monoisotopic (exact) mass is 204 g/mol. The third-order valence-electron chi connectivity index (χ3n) is 2.47. The van der Waals surface area contributed by atoms with Crippen molar-refractivity contribution in [3.63, 3.8) is 0 Å². The van der Waals surface area contributed by atoms with E-state index >= 15 is 0 Å². The van der Waals surface area contributed by atoms with Gasteiger partial charge in [-0.1, -0.05) is 37.6 Å². The average molecular weight is 204 g/mol. The lowest BCUT2D eigenvalue weighted by atomic mass is 9.91. The Balaban J connectivity index is 3.10. The fourth-order valence-corrected chi connectivity index (χ4v) is 1.73. The quantitative estimate of drug-likeness (QED) is 0.746. The Morgan fingerprint density at radius 1 is 1.53 bits per heavy atom. The summed E-state index contributed by atoms with van der Waals surface area (Å²) in [6.45, 7) is 5.85. The van der Waals surface area contributed by atoms with E-state index in [0.717, 1.165) is 18.4 Å². The van der Waals surface area contributed by atoms with Crippen LogP contribution >= 0.6 is 0 Å². The molecule has 15 heavy (non-hydrogen) atoms. The first-order valence-corrected chi connectivity index (χ1v) is 5.15. The van der Waals surface area contributed by atoms with Crippen LogP contribution in [0.25, 0.3) is 0 Å². The molecule has 2 nitrogen and oxygen atoms in total. The van der Waals surface area contributed by atoms with Crippen LogP contribution in [0.5, 0.6) is 0 Å². The van der Waals surface area contributed by atoms with Crippen LogP contribution in [0, 0.1) is 0 Å². The number of hydrogen-bond donors (Lipinski definition) is 1. The van der Waals surface area contributed by atoms with Gasteiger partial charge >= 0.3 is 5.97 Å². The fourth-order valence-electron chi connectivity index (χ4n) is 1.73. The number of benzene rings is 1. The van der Waals surface area contributed by atoms with Crippen LogP contribution in [0.2, 0.25) is 0 Å². The third-order valence-corrected chi connectivity index (χ3v) is 2.47. The molecule has 0 aliphatic heterocycles. The molecule has 0 fully saturated rings. The lowest BCUT2D eigenvalue weighted by Crippen LogP contribution is -2.05. The first-order chi connectivity index (χ1) is 7.20. The molecule has 0 radical (unpaired) electrons. The van der Waals surface area contributed by atoms with Gasteiger partial charge in [-0.3, -0.25) is 0 Å². The van der Waals surface area contributed by atoms with Crippen LogP contribution in [-0.4, -0.2) is 11.1 Å². The van der Waals surface area contributed by atoms with Gasteiger partial charge in [0.15, 0.2) is 0 Å². The molecule has 0 aliphatic rings. The number of rotatable bonds is 5. The van der Waals surface area contributed by atoms with Crippen molar-refractivity contribution < 1.29 is 9.90 Å². The molecule has 0 saturated heterocycles. The number of allylic oxidation sites excluding steroid dienone is 1. The Morgan fingerprint density at radius 3 is 2.73 bits per heavy atom. The van der Waals surface area contributed by atoms with Gasteiger partial charge in [0.05, 0.1) is 5.56 Å². The number of hydrogen-bond acceptors (Lipinski definition) is 1. The lowest BCUT2D eigenvalue weighted by molar-refractivity contribution is 0.0695. The molecule has 0 saturated carbocycles. The molecule has 80 valence electrons. The van der Waals surface area contributed by atoms with E-state index in [0.29, 0.717) is 5.56 Å². The first kappa shape index (κ1) is 11.5. The standard InChI is InChI=1S/C13H16O2/c1-3-7-10(4-2)11-8-5-6-9-12(11)13(14)15/h4-6,8-10H,2-3,7H2,1H3,(H,14,15). The summed E-state index contributed by atoms with van der Waals surface area (Å²) in [5.41, 5.74) is 1.25. The molecule has 1 aromatic rings. The highest BCUT2D eigenvalue weighted by atomic mass is 16.4. The van der Waals surface area contributed by atoms with E-state index in [9.17, 15) is 4.79 Å². The molecule has 1 unspecified atom stereocenters. The molecule has 1 N–H and O–H groups in total. The second-order valence-corrected chi connectivity index (χ2v) is 3.52. The fraction of sp³-hybridized carbons (Fsp3) is 0.308. The molecule has 0 amide bonds. The van der Waals surface area contributed by atoms with Crippen LogP contribution in [0.1, 0.15) is 41.6 Å². The van der Waals surface area contributed by atoms with E-state index in [2.05, 4.69) is 13.5 Å². The van der Waals surface area contributed by atoms with Crippen molar-refractivity contribution in [1.29, 1.82) is 0 Å². The maximum atomic E-state index is 11.0. The van der Waals surface area contributed by atoms with Crippen molar-refractivity contribution in [2.24, 2.45) is 0 Å². The summed E-state index contributed by atoms with van der Waals surface area (Å²) >= 11 is 0. The molecule has 0 aliphatic carbocycles. The smallest absolute Gasteiger partial charge is 0.335 e. The van der Waals surface area contributed by atoms with E-state index in [4.69, 9.17) is 5.11 Å². The molecular formula is C13H16O2. The molecule has 0 spiro atoms. The predicted molar refractivity (Wildman–Crippen MR) is 61.2 cm³/mol. The van der Waals surface area contributed by atoms with Crippen molar-refractivity contribution in [2.45, 2.75) is 25.7 Å². The summed E-state index contributed by atoms with van der Waals surface area (Å²) in [6, 6.07) is 7.13. The molecule has 0 heterocycles. The average Bonchev–Trinajstić information content (AvgIpc) is 2.26. The zero-order chi connectivity index (χ0) is 11.3. The summed E-state index contributed by atoms with van der Waals surface area (Å²) in [6.07, 6.45) is 3.78. The summed E-state index contributed by atoms with van der Waals surface area (Å²) < 4.78 is 0. The van der Waals surface area contributed by atoms with Crippen molar-refractivity contribution in [3.8, 4) is 0 Å². The van der Waals surface area contributed by atoms with Crippen molar-refractivity contribution >= 4 is 5.97 Å². The first-order valence-electron chi connectivity index (χ1n) is 5.15. The van der Waals surface area contributed by atoms with Crippen LogP contribution in [0.4, 0.5) is 0 Å². The van der Waals surface area contributed by atoms with Gasteiger partial charge in [-0.25, -0.2) is 4.79 Å². The second-order valence-electron chi connectivity index (χ2n) is 3.52. The highest BCUT2D eigenvalue weighted by Crippen LogP contribution is 2.25. The van der Waals surface area contributed by atoms with Gasteiger partial charge < -0.3 is 5.11 Å². The summed E-state index contributed by atoms with van der Waals surface area (Å²) in [5, 5.41) is 9.04. The molecule has 2 heteroatoms. The zero-order valence-electron chi connectivity index (χ0n) is 8.94. The lowest BCUT2D eigenvalue weighted by Gasteiger charge is -2.14. The molecule has 1 rings (SSSR count). The number of carboxylic acids is 1. The van der Waals surface area contributed by atoms with Gasteiger partial charge in [0.2, 0.25) is 0 Å². The van der Waals surface area contributed by atoms with E-state index < -0.39 is 5.97 Å². The maximum absolute atomic E-state index is 11.0. The van der Waals surface area contributed by atoms with E-state index in [1.807, 2.05) is 18.2 Å². The molecule has 0 bridgehead atoms. The van der Waals surface area contributed by atoms with E-state index in [1.165, 1.54) is 0 Å². The molecule has 0 aromatic heterocycles. The number of carboxylic acid groups (broad SMARTS) is 1. The summed E-state index contributed by atoms with van der Waals surface area (Å²) in [5.74, 6) is -0.726. The van der Waals surface area contributed by atoms with Crippen LogP contribution < -0.4 is 0 Å². The van der Waals surface area contributed by atoms with Crippen LogP contribution in [0.15, 0.2) is 36.9 Å². The minimum absolute atomic E-state index is 0.141. The van der Waals surface area contributed by atoms with Gasteiger partial charge in [-0.15, -0.1) is 6.58 Å². The van der Waals surface area contributed by atoms with Crippen molar-refractivity contribution in [2.75, 3.05) is 0 Å². The summed E-state index contributed by atoms with van der Waals surface area (Å²) in [4.78, 5) is 11.0. The molecule has 1 aromatic carbocycles. The van der Waals surface area contributed by atoms with E-state index in [-0.39, 0.29) is 5.92 Å². The highest BCUT2D eigenvalue weighted by molar-refractivity contribution is 5.89. The maximum Gasteiger partial charge on any atom is 0.335 e. The minimum atomic E-state index is -0.867. The van der Waals surface area contributed by atoms with Gasteiger partial charge in [0.25, 0.3) is 0 Å². The Labute approximate surface area is 90.3 Å². The normalized spacial score (nSPS) is 12.1. The Morgan fingerprint density at radius 2 is 2.20 bits per heavy atom. The van der Waals surface area contributed by atoms with Gasteiger partial charge in [-0.05, 0) is 18.1 Å². The second kappa shape index (κ2) is 5.35. The minimum Gasteiger partial charge on any atom is -0.478 e. The Hall–Kier alpha value is -1.57. The predicted octanol–water partition coefficient (Wildman–Crippen LogP) is 3.45. The van der Waals surface area contributed by atoms with Gasteiger partial charge in [0.1, 0.15) is 0 Å².